The lowest BCUT2D eigenvalue weighted by atomic mass is 9.91. The first-order valence-corrected chi connectivity index (χ1v) is 8.16. The van der Waals surface area contributed by atoms with Gasteiger partial charge in [-0.15, -0.1) is 11.3 Å². The van der Waals surface area contributed by atoms with Crippen molar-refractivity contribution in [1.82, 2.24) is 0 Å². The molecular formula is C17H21NOS. The molecule has 0 saturated heterocycles. The van der Waals surface area contributed by atoms with E-state index in [1.54, 1.807) is 11.3 Å². The van der Waals surface area contributed by atoms with Crippen molar-refractivity contribution in [3.05, 3.63) is 34.2 Å². The number of fused-ring (bicyclic) bond motifs is 1. The molecule has 0 fully saturated rings. The van der Waals surface area contributed by atoms with E-state index in [2.05, 4.69) is 25.1 Å². The predicted octanol–water partition coefficient (Wildman–Crippen LogP) is 4.58. The standard InChI is InChI=1S/C17H21NOS/c1-3-19-14-9-8-11(2)10-13(14)16-12-6-4-5-7-15(12)20-17(16)18/h8-10H,3-7,18H2,1-2H3. The lowest BCUT2D eigenvalue weighted by molar-refractivity contribution is 0.341. The molecule has 1 aromatic carbocycles. The van der Waals surface area contributed by atoms with Crippen LogP contribution in [0.25, 0.3) is 11.1 Å². The zero-order valence-electron chi connectivity index (χ0n) is 12.2. The summed E-state index contributed by atoms with van der Waals surface area (Å²) in [4.78, 5) is 1.48. The predicted molar refractivity (Wildman–Crippen MR) is 86.7 cm³/mol. The van der Waals surface area contributed by atoms with Gasteiger partial charge in [0.05, 0.1) is 11.6 Å². The number of hydrogen-bond donors (Lipinski definition) is 1. The average molecular weight is 287 g/mol. The number of benzene rings is 1. The second-order valence-electron chi connectivity index (χ2n) is 5.38. The van der Waals surface area contributed by atoms with Crippen molar-refractivity contribution in [2.24, 2.45) is 0 Å². The fraction of sp³-hybridized carbons (Fsp3) is 0.412. The third-order valence-corrected chi connectivity index (χ3v) is 5.02. The third kappa shape index (κ3) is 2.31. The second kappa shape index (κ2) is 5.49. The van der Waals surface area contributed by atoms with Crippen molar-refractivity contribution in [3.8, 4) is 16.9 Å². The largest absolute Gasteiger partial charge is 0.493 e. The molecular weight excluding hydrogens is 266 g/mol. The topological polar surface area (TPSA) is 35.2 Å². The Morgan fingerprint density at radius 3 is 2.85 bits per heavy atom. The number of aryl methyl sites for hydroxylation is 2. The summed E-state index contributed by atoms with van der Waals surface area (Å²) in [5.41, 5.74) is 11.4. The van der Waals surface area contributed by atoms with Crippen LogP contribution in [0.15, 0.2) is 18.2 Å². The molecule has 0 bridgehead atoms. The Labute approximate surface area is 124 Å². The Balaban J connectivity index is 2.17. The summed E-state index contributed by atoms with van der Waals surface area (Å²) >= 11 is 1.77. The highest BCUT2D eigenvalue weighted by Gasteiger charge is 2.22. The first-order valence-electron chi connectivity index (χ1n) is 7.34. The smallest absolute Gasteiger partial charge is 0.127 e. The highest BCUT2D eigenvalue weighted by molar-refractivity contribution is 7.16. The molecule has 106 valence electrons. The van der Waals surface area contributed by atoms with Gasteiger partial charge in [0.1, 0.15) is 5.75 Å². The van der Waals surface area contributed by atoms with Crippen LogP contribution in [0.3, 0.4) is 0 Å². The third-order valence-electron chi connectivity index (χ3n) is 3.90. The molecule has 0 unspecified atom stereocenters. The van der Waals surface area contributed by atoms with Crippen molar-refractivity contribution >= 4 is 16.3 Å². The molecule has 0 radical (unpaired) electrons. The molecule has 2 nitrogen and oxygen atoms in total. The summed E-state index contributed by atoms with van der Waals surface area (Å²) < 4.78 is 5.81. The summed E-state index contributed by atoms with van der Waals surface area (Å²) in [7, 11) is 0. The second-order valence-corrected chi connectivity index (χ2v) is 6.52. The zero-order chi connectivity index (χ0) is 14.1. The number of ether oxygens (including phenoxy) is 1. The summed E-state index contributed by atoms with van der Waals surface area (Å²) in [6, 6.07) is 6.38. The van der Waals surface area contributed by atoms with Gasteiger partial charge in [-0.05, 0) is 57.2 Å². The molecule has 0 spiro atoms. The van der Waals surface area contributed by atoms with E-state index in [1.165, 1.54) is 46.4 Å². The van der Waals surface area contributed by atoms with Crippen LogP contribution in [0.2, 0.25) is 0 Å². The van der Waals surface area contributed by atoms with Gasteiger partial charge in [0, 0.05) is 16.0 Å². The summed E-state index contributed by atoms with van der Waals surface area (Å²) in [5.74, 6) is 0.955. The fourth-order valence-electron chi connectivity index (χ4n) is 3.00. The molecule has 1 aliphatic rings. The van der Waals surface area contributed by atoms with E-state index in [0.29, 0.717) is 6.61 Å². The molecule has 3 rings (SSSR count). The van der Waals surface area contributed by atoms with Crippen LogP contribution in [-0.2, 0) is 12.8 Å². The van der Waals surface area contributed by atoms with Crippen molar-refractivity contribution < 1.29 is 4.74 Å². The van der Waals surface area contributed by atoms with Crippen LogP contribution in [0.5, 0.6) is 5.75 Å². The highest BCUT2D eigenvalue weighted by Crippen LogP contribution is 2.45. The number of hydrogen-bond acceptors (Lipinski definition) is 3. The van der Waals surface area contributed by atoms with E-state index in [0.717, 1.165) is 17.2 Å². The highest BCUT2D eigenvalue weighted by atomic mass is 32.1. The maximum Gasteiger partial charge on any atom is 0.127 e. The molecule has 1 aliphatic carbocycles. The minimum Gasteiger partial charge on any atom is -0.493 e. The maximum atomic E-state index is 6.33. The lowest BCUT2D eigenvalue weighted by Gasteiger charge is -2.16. The van der Waals surface area contributed by atoms with Gasteiger partial charge in [0.25, 0.3) is 0 Å². The number of thiophene rings is 1. The van der Waals surface area contributed by atoms with E-state index < -0.39 is 0 Å². The van der Waals surface area contributed by atoms with Crippen molar-refractivity contribution in [3.63, 3.8) is 0 Å². The van der Waals surface area contributed by atoms with E-state index in [4.69, 9.17) is 10.5 Å². The minimum absolute atomic E-state index is 0.683. The van der Waals surface area contributed by atoms with Crippen LogP contribution >= 0.6 is 11.3 Å². The number of rotatable bonds is 3. The van der Waals surface area contributed by atoms with E-state index in [9.17, 15) is 0 Å². The van der Waals surface area contributed by atoms with Crippen LogP contribution in [0.1, 0.15) is 35.8 Å². The molecule has 3 heteroatoms. The van der Waals surface area contributed by atoms with Gasteiger partial charge < -0.3 is 10.5 Å². The van der Waals surface area contributed by atoms with Gasteiger partial charge in [-0.1, -0.05) is 11.6 Å². The molecule has 0 aliphatic heterocycles. The first-order chi connectivity index (χ1) is 9.70. The van der Waals surface area contributed by atoms with Crippen molar-refractivity contribution in [2.45, 2.75) is 39.5 Å². The van der Waals surface area contributed by atoms with Crippen molar-refractivity contribution in [1.29, 1.82) is 0 Å². The molecule has 2 aromatic rings. The lowest BCUT2D eigenvalue weighted by Crippen LogP contribution is -2.01. The van der Waals surface area contributed by atoms with E-state index >= 15 is 0 Å². The quantitative estimate of drug-likeness (QED) is 0.896. The molecule has 2 N–H and O–H groups in total. The van der Waals surface area contributed by atoms with Crippen LogP contribution in [-0.4, -0.2) is 6.61 Å². The number of anilines is 1. The average Bonchev–Trinajstić information content (AvgIpc) is 2.77. The Bertz CT molecular complexity index is 630. The SMILES string of the molecule is CCOc1ccc(C)cc1-c1c(N)sc2c1CCCC2. The molecule has 1 heterocycles. The number of nitrogen functional groups attached to an aromatic ring is 1. The molecule has 1 aromatic heterocycles. The van der Waals surface area contributed by atoms with Crippen LogP contribution in [0.4, 0.5) is 5.00 Å². The summed E-state index contributed by atoms with van der Waals surface area (Å²) in [6.45, 7) is 4.83. The molecule has 0 amide bonds. The Morgan fingerprint density at radius 1 is 1.25 bits per heavy atom. The van der Waals surface area contributed by atoms with Gasteiger partial charge in [0.15, 0.2) is 0 Å². The molecule has 20 heavy (non-hydrogen) atoms. The van der Waals surface area contributed by atoms with Gasteiger partial charge in [-0.2, -0.15) is 0 Å². The zero-order valence-corrected chi connectivity index (χ0v) is 13.0. The summed E-state index contributed by atoms with van der Waals surface area (Å²) in [6.07, 6.45) is 4.89. The Kier molecular flexibility index (Phi) is 3.70. The normalized spacial score (nSPS) is 14.1. The van der Waals surface area contributed by atoms with Gasteiger partial charge in [-0.25, -0.2) is 0 Å². The Morgan fingerprint density at radius 2 is 2.05 bits per heavy atom. The van der Waals surface area contributed by atoms with Gasteiger partial charge >= 0.3 is 0 Å². The monoisotopic (exact) mass is 287 g/mol. The van der Waals surface area contributed by atoms with E-state index in [1.807, 2.05) is 6.92 Å². The van der Waals surface area contributed by atoms with Crippen LogP contribution in [0, 0.1) is 6.92 Å². The maximum absolute atomic E-state index is 6.33. The molecule has 0 atom stereocenters. The van der Waals surface area contributed by atoms with E-state index in [-0.39, 0.29) is 0 Å². The minimum atomic E-state index is 0.683. The number of nitrogens with two attached hydrogens (primary N) is 1. The van der Waals surface area contributed by atoms with Crippen molar-refractivity contribution in [2.75, 3.05) is 12.3 Å². The first kappa shape index (κ1) is 13.5. The van der Waals surface area contributed by atoms with Gasteiger partial charge in [0.2, 0.25) is 0 Å². The fourth-order valence-corrected chi connectivity index (χ4v) is 4.18. The summed E-state index contributed by atoms with van der Waals surface area (Å²) in [5, 5.41) is 0.948. The Hall–Kier alpha value is -1.48. The van der Waals surface area contributed by atoms with Gasteiger partial charge in [-0.3, -0.25) is 0 Å². The molecule has 0 saturated carbocycles. The van der Waals surface area contributed by atoms with Crippen LogP contribution < -0.4 is 10.5 Å².